The molecule has 3 aliphatic rings. The van der Waals surface area contributed by atoms with E-state index < -0.39 is 110 Å². The van der Waals surface area contributed by atoms with Crippen molar-refractivity contribution in [1.29, 1.82) is 0 Å². The zero-order chi connectivity index (χ0) is 30.1. The summed E-state index contributed by atoms with van der Waals surface area (Å²) in [6.45, 7) is 0.620. The predicted octanol–water partition coefficient (Wildman–Crippen LogP) is -8.16. The fraction of sp³-hybridized carbons (Fsp3) is 0.857. The maximum absolute atomic E-state index is 12.1. The number of carbonyl (C=O) groups is 1. The van der Waals surface area contributed by atoms with Crippen LogP contribution in [0, 0.1) is 0 Å². The summed E-state index contributed by atoms with van der Waals surface area (Å²) in [6, 6.07) is -4.08. The topological polar surface area (TPSA) is 336 Å². The lowest BCUT2D eigenvalue weighted by atomic mass is 9.81. The van der Waals surface area contributed by atoms with Crippen LogP contribution < -0.4 is 28.3 Å². The molecule has 1 aliphatic carbocycles. The fourth-order valence-electron chi connectivity index (χ4n) is 5.08. The minimum Gasteiger partial charge on any atom is -0.394 e. The van der Waals surface area contributed by atoms with Gasteiger partial charge >= 0.3 is 0 Å². The Bertz CT molecular complexity index is 940. The third kappa shape index (κ3) is 6.00. The monoisotopic (exact) mass is 581 g/mol. The highest BCUT2D eigenvalue weighted by Crippen LogP contribution is 2.38. The summed E-state index contributed by atoms with van der Waals surface area (Å²) in [5, 5.41) is 76.6. The van der Waals surface area contributed by atoms with E-state index in [9.17, 15) is 40.5 Å². The van der Waals surface area contributed by atoms with Gasteiger partial charge in [0.25, 0.3) is 0 Å². The summed E-state index contributed by atoms with van der Waals surface area (Å²) in [7, 11) is 1.42. The van der Waals surface area contributed by atoms with Crippen LogP contribution >= 0.6 is 0 Å². The number of rotatable bonds is 9. The summed E-state index contributed by atoms with van der Waals surface area (Å²) in [4.78, 5) is 19.7. The van der Waals surface area contributed by atoms with Gasteiger partial charge in [0.15, 0.2) is 36.4 Å². The van der Waals surface area contributed by atoms with E-state index in [4.69, 9.17) is 41.9 Å². The Kier molecular flexibility index (Phi) is 10.2. The lowest BCUT2D eigenvalue weighted by molar-refractivity contribution is -0.314. The molecule has 230 valence electrons. The normalized spacial score (nSPS) is 47.4. The van der Waals surface area contributed by atoms with E-state index in [1.165, 1.54) is 14.0 Å². The summed E-state index contributed by atoms with van der Waals surface area (Å²) < 4.78 is 22.9. The number of aliphatic hydroxyl groups excluding tert-OH is 6. The smallest absolute Gasteiger partial charge is 0.188 e. The molecular formula is C21H39N7O12. The van der Waals surface area contributed by atoms with Crippen LogP contribution in [0.4, 0.5) is 0 Å². The molecule has 2 aliphatic heterocycles. The number of guanidine groups is 2. The van der Waals surface area contributed by atoms with Crippen LogP contribution in [0.25, 0.3) is 0 Å². The van der Waals surface area contributed by atoms with E-state index in [-0.39, 0.29) is 6.29 Å². The Balaban J connectivity index is 1.96. The molecule has 16 N–H and O–H groups in total. The minimum atomic E-state index is -2.38. The van der Waals surface area contributed by atoms with Gasteiger partial charge in [-0.2, -0.15) is 0 Å². The highest BCUT2D eigenvalue weighted by atomic mass is 16.8. The first kappa shape index (κ1) is 32.2. The second-order valence-corrected chi connectivity index (χ2v) is 9.89. The highest BCUT2D eigenvalue weighted by Gasteiger charge is 2.60. The lowest BCUT2D eigenvalue weighted by Gasteiger charge is -2.45. The van der Waals surface area contributed by atoms with E-state index in [0.717, 1.165) is 0 Å². The number of nitrogens with one attached hydrogen (secondary N) is 1. The van der Waals surface area contributed by atoms with Crippen molar-refractivity contribution in [2.24, 2.45) is 32.9 Å². The molecule has 15 atom stereocenters. The van der Waals surface area contributed by atoms with Gasteiger partial charge in [0.05, 0.1) is 18.8 Å². The summed E-state index contributed by atoms with van der Waals surface area (Å²) in [5.74, 6) is -1.03. The molecule has 0 aromatic heterocycles. The number of ether oxygens (including phenoxy) is 4. The van der Waals surface area contributed by atoms with Crippen molar-refractivity contribution in [2.45, 2.75) is 98.2 Å². The average Bonchev–Trinajstić information content (AvgIpc) is 3.13. The van der Waals surface area contributed by atoms with Crippen molar-refractivity contribution in [3.8, 4) is 0 Å². The number of aliphatic imine (C=N–C) groups is 2. The number of carbonyl (C=O) groups excluding carboxylic acids is 1. The Morgan fingerprint density at radius 3 is 2.02 bits per heavy atom. The predicted molar refractivity (Wildman–Crippen MR) is 133 cm³/mol. The third-order valence-corrected chi connectivity index (χ3v) is 7.34. The lowest BCUT2D eigenvalue weighted by Crippen LogP contribution is -2.66. The number of nitrogens with two attached hydrogens (primary N) is 4. The number of aliphatic hydroxyl groups is 7. The quantitative estimate of drug-likeness (QED) is 0.0682. The molecule has 2 heterocycles. The maximum atomic E-state index is 12.1. The second kappa shape index (κ2) is 12.7. The first-order valence-electron chi connectivity index (χ1n) is 12.4. The number of aldehydes is 1. The number of hydrogen-bond donors (Lipinski definition) is 12. The zero-order valence-corrected chi connectivity index (χ0v) is 21.7. The molecule has 3 rings (SSSR count). The van der Waals surface area contributed by atoms with E-state index in [1.807, 2.05) is 0 Å². The first-order valence-corrected chi connectivity index (χ1v) is 12.4. The molecule has 0 aromatic rings. The molecule has 0 radical (unpaired) electrons. The first-order chi connectivity index (χ1) is 18.7. The molecule has 19 heteroatoms. The molecule has 0 unspecified atom stereocenters. The number of hydrogen-bond acceptors (Lipinski definition) is 15. The third-order valence-electron chi connectivity index (χ3n) is 7.34. The molecular weight excluding hydrogens is 542 g/mol. The van der Waals surface area contributed by atoms with Crippen molar-refractivity contribution in [3.05, 3.63) is 0 Å². The van der Waals surface area contributed by atoms with Crippen molar-refractivity contribution in [1.82, 2.24) is 5.32 Å². The van der Waals surface area contributed by atoms with E-state index in [0.29, 0.717) is 0 Å². The maximum Gasteiger partial charge on any atom is 0.188 e. The Morgan fingerprint density at radius 2 is 1.50 bits per heavy atom. The van der Waals surface area contributed by atoms with Crippen LogP contribution in [0.3, 0.4) is 0 Å². The van der Waals surface area contributed by atoms with E-state index >= 15 is 0 Å². The van der Waals surface area contributed by atoms with Gasteiger partial charge in [0.2, 0.25) is 0 Å². The molecule has 0 amide bonds. The largest absolute Gasteiger partial charge is 0.394 e. The van der Waals surface area contributed by atoms with Gasteiger partial charge in [-0.15, -0.1) is 0 Å². The van der Waals surface area contributed by atoms with Gasteiger partial charge in [-0.05, 0) is 14.0 Å². The number of likely N-dealkylation sites (N-methyl/N-ethyl adjacent to an activating group) is 1. The Hall–Kier alpha value is -2.27. The Morgan fingerprint density at radius 1 is 0.900 bits per heavy atom. The zero-order valence-electron chi connectivity index (χ0n) is 21.7. The van der Waals surface area contributed by atoms with Crippen molar-refractivity contribution in [3.63, 3.8) is 0 Å². The van der Waals surface area contributed by atoms with Crippen LogP contribution in [0.1, 0.15) is 6.92 Å². The molecule has 0 spiro atoms. The van der Waals surface area contributed by atoms with Gasteiger partial charge in [0.1, 0.15) is 60.9 Å². The SMILES string of the molecule is CN[C@H]1[C@H](O[C@@H]2[C@@H](O[C@H]3[C@H](O)[C@H](O)[C@H](N=C(N)N)[C@H](O)[C@H]3N=C(N)N)O[C@@H](C)[C@@]2(O)C=O)O[C@@H](CO)[C@H](O)[C@H]1O. The van der Waals surface area contributed by atoms with Crippen molar-refractivity contribution < 1.29 is 59.5 Å². The summed E-state index contributed by atoms with van der Waals surface area (Å²) in [5.41, 5.74) is 19.4. The van der Waals surface area contributed by atoms with Crippen LogP contribution in [-0.2, 0) is 23.7 Å². The minimum absolute atomic E-state index is 0.140. The highest BCUT2D eigenvalue weighted by molar-refractivity contribution is 5.76. The van der Waals surface area contributed by atoms with Crippen molar-refractivity contribution >= 4 is 18.2 Å². The fourth-order valence-corrected chi connectivity index (χ4v) is 5.08. The molecule has 1 saturated carbocycles. The van der Waals surface area contributed by atoms with Gasteiger partial charge in [-0.3, -0.25) is 4.79 Å². The standard InChI is InChI=1S/C21H39N7O12/c1-5-21(36,4-30)16(40-17-9(26-2)13(34)10(31)6(3-29)38-17)18(37-5)39-15-8(28-20(24)25)11(32)7(27-19(22)23)12(33)14(15)35/h4-18,26,29,31-36H,3H2,1-2H3,(H4,22,23,27)(H4,24,25,28)/t5-,6-,7+,8+,9+,10-,11-,12+,13-,14+,15+,16+,17-,18+,21-/m0/s1. The van der Waals surface area contributed by atoms with Crippen LogP contribution in [0.15, 0.2) is 9.98 Å². The van der Waals surface area contributed by atoms with Crippen molar-refractivity contribution in [2.75, 3.05) is 13.7 Å². The average molecular weight is 582 g/mol. The molecule has 19 nitrogen and oxygen atoms in total. The molecule has 0 aromatic carbocycles. The Labute approximate surface area is 228 Å². The van der Waals surface area contributed by atoms with Crippen LogP contribution in [0.2, 0.25) is 0 Å². The number of nitrogens with zero attached hydrogens (tertiary/aromatic N) is 2. The van der Waals surface area contributed by atoms with E-state index in [2.05, 4.69) is 15.3 Å². The summed E-state index contributed by atoms with van der Waals surface area (Å²) >= 11 is 0. The molecule has 3 fully saturated rings. The molecule has 2 saturated heterocycles. The van der Waals surface area contributed by atoms with Gasteiger partial charge in [-0.25, -0.2) is 9.98 Å². The molecule has 40 heavy (non-hydrogen) atoms. The van der Waals surface area contributed by atoms with Gasteiger partial charge < -0.3 is 82.9 Å². The van der Waals surface area contributed by atoms with Gasteiger partial charge in [0, 0.05) is 0 Å². The van der Waals surface area contributed by atoms with Crippen LogP contribution in [-0.4, -0.2) is 159 Å². The molecule has 0 bridgehead atoms. The van der Waals surface area contributed by atoms with Crippen LogP contribution in [0.5, 0.6) is 0 Å². The van der Waals surface area contributed by atoms with E-state index in [1.54, 1.807) is 0 Å². The van der Waals surface area contributed by atoms with Gasteiger partial charge in [-0.1, -0.05) is 0 Å². The summed E-state index contributed by atoms with van der Waals surface area (Å²) in [6.07, 6.45) is -17.3. The second-order valence-electron chi connectivity index (χ2n) is 9.89.